The van der Waals surface area contributed by atoms with Gasteiger partial charge in [0.25, 0.3) is 0 Å². The number of rotatable bonds is 0. The van der Waals surface area contributed by atoms with Crippen LogP contribution < -0.4 is 0 Å². The van der Waals surface area contributed by atoms with Gasteiger partial charge >= 0.3 is 0 Å². The molecule has 1 atom stereocenters. The Morgan fingerprint density at radius 3 is 2.43 bits per heavy atom. The Balaban J connectivity index is 2.18. The summed E-state index contributed by atoms with van der Waals surface area (Å²) in [5.41, 5.74) is -0.0395. The minimum Gasteiger partial charge on any atom is -0.347 e. The maximum Gasteiger partial charge on any atom is 0.173 e. The van der Waals surface area contributed by atoms with Crippen molar-refractivity contribution in [2.45, 2.75) is 38.9 Å². The van der Waals surface area contributed by atoms with Crippen LogP contribution in [0.25, 0.3) is 0 Å². The number of ether oxygens (including phenoxy) is 2. The van der Waals surface area contributed by atoms with Crippen molar-refractivity contribution in [2.75, 3.05) is 13.2 Å². The van der Waals surface area contributed by atoms with Crippen molar-refractivity contribution < 1.29 is 9.47 Å². The zero-order chi connectivity index (χ0) is 10.2. The Morgan fingerprint density at radius 2 is 1.93 bits per heavy atom. The lowest BCUT2D eigenvalue weighted by atomic mass is 9.68. The van der Waals surface area contributed by atoms with E-state index in [0.717, 1.165) is 19.3 Å². The van der Waals surface area contributed by atoms with E-state index in [2.05, 4.69) is 19.9 Å². The lowest BCUT2D eigenvalue weighted by molar-refractivity contribution is -0.249. The summed E-state index contributed by atoms with van der Waals surface area (Å²) in [4.78, 5) is 0. The molecule has 0 aromatic rings. The standard InChI is InChI=1S/C11H17NO2/c1-10(2)7-9(8-12)3-4-11(10)13-5-6-14-11/h9H,3-7H2,1-2H3. The zero-order valence-electron chi connectivity index (χ0n) is 8.88. The summed E-state index contributed by atoms with van der Waals surface area (Å²) in [5.74, 6) is -0.233. The summed E-state index contributed by atoms with van der Waals surface area (Å²) in [7, 11) is 0. The average Bonchev–Trinajstić information content (AvgIpc) is 2.60. The largest absolute Gasteiger partial charge is 0.347 e. The molecule has 3 heteroatoms. The fourth-order valence-electron chi connectivity index (χ4n) is 2.68. The predicted octanol–water partition coefficient (Wildman–Crippen LogP) is 2.08. The van der Waals surface area contributed by atoms with E-state index in [1.165, 1.54) is 0 Å². The van der Waals surface area contributed by atoms with E-state index in [-0.39, 0.29) is 11.3 Å². The second-order valence-corrected chi connectivity index (χ2v) is 4.90. The molecule has 0 aromatic heterocycles. The fraction of sp³-hybridized carbons (Fsp3) is 0.909. The highest BCUT2D eigenvalue weighted by Crippen LogP contribution is 2.50. The number of nitrogens with zero attached hydrogens (tertiary/aromatic N) is 1. The van der Waals surface area contributed by atoms with Crippen molar-refractivity contribution in [1.82, 2.24) is 0 Å². The van der Waals surface area contributed by atoms with Crippen LogP contribution in [0.3, 0.4) is 0 Å². The summed E-state index contributed by atoms with van der Waals surface area (Å²) in [6, 6.07) is 2.35. The molecule has 1 spiro atoms. The quantitative estimate of drug-likeness (QED) is 0.594. The first-order valence-electron chi connectivity index (χ1n) is 5.27. The van der Waals surface area contributed by atoms with E-state index in [0.29, 0.717) is 13.2 Å². The van der Waals surface area contributed by atoms with E-state index < -0.39 is 5.79 Å². The first-order chi connectivity index (χ1) is 6.60. The second kappa shape index (κ2) is 3.22. The van der Waals surface area contributed by atoms with Crippen molar-refractivity contribution in [2.24, 2.45) is 11.3 Å². The molecule has 1 unspecified atom stereocenters. The van der Waals surface area contributed by atoms with Crippen LogP contribution >= 0.6 is 0 Å². The van der Waals surface area contributed by atoms with Gasteiger partial charge in [-0.15, -0.1) is 0 Å². The van der Waals surface area contributed by atoms with Crippen molar-refractivity contribution in [3.05, 3.63) is 0 Å². The molecule has 3 nitrogen and oxygen atoms in total. The first-order valence-corrected chi connectivity index (χ1v) is 5.27. The molecule has 0 radical (unpaired) electrons. The van der Waals surface area contributed by atoms with Crippen LogP contribution in [0.15, 0.2) is 0 Å². The molecule has 2 fully saturated rings. The molecular weight excluding hydrogens is 178 g/mol. The summed E-state index contributed by atoms with van der Waals surface area (Å²) in [5, 5.41) is 8.92. The Kier molecular flexibility index (Phi) is 2.29. The lowest BCUT2D eigenvalue weighted by Crippen LogP contribution is -2.50. The molecule has 0 amide bonds. The van der Waals surface area contributed by atoms with E-state index in [1.807, 2.05) is 0 Å². The van der Waals surface area contributed by atoms with Crippen LogP contribution in [-0.2, 0) is 9.47 Å². The van der Waals surface area contributed by atoms with Gasteiger partial charge in [0.2, 0.25) is 0 Å². The van der Waals surface area contributed by atoms with E-state index in [4.69, 9.17) is 14.7 Å². The third-order valence-corrected chi connectivity index (χ3v) is 3.55. The van der Waals surface area contributed by atoms with E-state index >= 15 is 0 Å². The smallest absolute Gasteiger partial charge is 0.173 e. The monoisotopic (exact) mass is 195 g/mol. The summed E-state index contributed by atoms with van der Waals surface area (Å²) in [6.45, 7) is 5.67. The minimum absolute atomic E-state index is 0.0395. The van der Waals surface area contributed by atoms with Crippen LogP contribution in [0.1, 0.15) is 33.1 Å². The van der Waals surface area contributed by atoms with Crippen LogP contribution in [-0.4, -0.2) is 19.0 Å². The highest BCUT2D eigenvalue weighted by molar-refractivity contribution is 5.01. The summed E-state index contributed by atoms with van der Waals surface area (Å²) < 4.78 is 11.5. The molecule has 1 aliphatic carbocycles. The summed E-state index contributed by atoms with van der Waals surface area (Å²) >= 11 is 0. The molecule has 1 heterocycles. The van der Waals surface area contributed by atoms with Gasteiger partial charge in [0.05, 0.1) is 19.3 Å². The molecule has 78 valence electrons. The Labute approximate surface area is 85.0 Å². The van der Waals surface area contributed by atoms with Gasteiger partial charge in [-0.2, -0.15) is 5.26 Å². The molecule has 14 heavy (non-hydrogen) atoms. The molecule has 0 aromatic carbocycles. The average molecular weight is 195 g/mol. The van der Waals surface area contributed by atoms with Gasteiger partial charge in [-0.3, -0.25) is 0 Å². The Morgan fingerprint density at radius 1 is 1.29 bits per heavy atom. The molecule has 2 aliphatic rings. The van der Waals surface area contributed by atoms with Gasteiger partial charge in [0.15, 0.2) is 5.79 Å². The van der Waals surface area contributed by atoms with E-state index in [9.17, 15) is 0 Å². The molecule has 1 saturated carbocycles. The minimum atomic E-state index is -0.402. The number of hydrogen-bond acceptors (Lipinski definition) is 3. The van der Waals surface area contributed by atoms with Crippen LogP contribution in [0.5, 0.6) is 0 Å². The fourth-order valence-corrected chi connectivity index (χ4v) is 2.68. The van der Waals surface area contributed by atoms with Crippen LogP contribution in [0.2, 0.25) is 0 Å². The Bertz CT molecular complexity index is 261. The molecule has 0 bridgehead atoms. The molecular formula is C11H17NO2. The molecule has 1 aliphatic heterocycles. The first kappa shape index (κ1) is 9.95. The van der Waals surface area contributed by atoms with Crippen LogP contribution in [0.4, 0.5) is 0 Å². The summed E-state index contributed by atoms with van der Waals surface area (Å²) in [6.07, 6.45) is 2.64. The number of nitriles is 1. The van der Waals surface area contributed by atoms with Gasteiger partial charge in [0.1, 0.15) is 0 Å². The van der Waals surface area contributed by atoms with Gasteiger partial charge in [-0.25, -0.2) is 0 Å². The highest BCUT2D eigenvalue weighted by atomic mass is 16.7. The number of hydrogen-bond donors (Lipinski definition) is 0. The molecule has 1 saturated heterocycles. The van der Waals surface area contributed by atoms with Crippen molar-refractivity contribution in [3.63, 3.8) is 0 Å². The van der Waals surface area contributed by atoms with Gasteiger partial charge in [0, 0.05) is 17.8 Å². The molecule has 0 N–H and O–H groups in total. The normalized spacial score (nSPS) is 34.2. The maximum atomic E-state index is 8.92. The van der Waals surface area contributed by atoms with Crippen LogP contribution in [0, 0.1) is 22.7 Å². The maximum absolute atomic E-state index is 8.92. The third kappa shape index (κ3) is 1.34. The zero-order valence-corrected chi connectivity index (χ0v) is 8.88. The van der Waals surface area contributed by atoms with Gasteiger partial charge in [-0.1, -0.05) is 13.8 Å². The predicted molar refractivity (Wildman–Crippen MR) is 51.4 cm³/mol. The van der Waals surface area contributed by atoms with Gasteiger partial charge < -0.3 is 9.47 Å². The molecule has 2 rings (SSSR count). The second-order valence-electron chi connectivity index (χ2n) is 4.90. The SMILES string of the molecule is CC1(C)CC(C#N)CCC12OCCO2. The topological polar surface area (TPSA) is 42.2 Å². The lowest BCUT2D eigenvalue weighted by Gasteiger charge is -2.47. The highest BCUT2D eigenvalue weighted by Gasteiger charge is 2.53. The Hall–Kier alpha value is -0.590. The van der Waals surface area contributed by atoms with Crippen molar-refractivity contribution in [1.29, 1.82) is 5.26 Å². The van der Waals surface area contributed by atoms with E-state index in [1.54, 1.807) is 0 Å². The van der Waals surface area contributed by atoms with Gasteiger partial charge in [-0.05, 0) is 12.8 Å². The van der Waals surface area contributed by atoms with Crippen molar-refractivity contribution in [3.8, 4) is 6.07 Å². The van der Waals surface area contributed by atoms with Crippen molar-refractivity contribution >= 4 is 0 Å². The third-order valence-electron chi connectivity index (χ3n) is 3.55.